The van der Waals surface area contributed by atoms with E-state index in [1.54, 1.807) is 6.20 Å². The summed E-state index contributed by atoms with van der Waals surface area (Å²) < 4.78 is 1.84. The predicted octanol–water partition coefficient (Wildman–Crippen LogP) is 2.37. The van der Waals surface area contributed by atoms with Crippen LogP contribution in [0.15, 0.2) is 6.20 Å². The average Bonchev–Trinajstić information content (AvgIpc) is 2.47. The fourth-order valence-electron chi connectivity index (χ4n) is 1.41. The van der Waals surface area contributed by atoms with E-state index in [-0.39, 0.29) is 11.3 Å². The molecule has 0 spiro atoms. The maximum absolute atomic E-state index is 5.79. The molecular formula is C9H11ClN4. The molecule has 5 heteroatoms. The summed E-state index contributed by atoms with van der Waals surface area (Å²) >= 11 is 5.79. The van der Waals surface area contributed by atoms with Gasteiger partial charge in [0.1, 0.15) is 0 Å². The van der Waals surface area contributed by atoms with E-state index in [1.165, 1.54) is 0 Å². The monoisotopic (exact) mass is 210 g/mol. The minimum Gasteiger partial charge on any atom is -0.245 e. The van der Waals surface area contributed by atoms with Gasteiger partial charge < -0.3 is 0 Å². The predicted molar refractivity (Wildman–Crippen MR) is 55.5 cm³/mol. The number of halogens is 1. The molecule has 0 fully saturated rings. The molecule has 4 nitrogen and oxygen atoms in total. The largest absolute Gasteiger partial charge is 0.245 e. The highest BCUT2D eigenvalue weighted by atomic mass is 35.5. The Balaban J connectivity index is 2.78. The van der Waals surface area contributed by atoms with Crippen molar-refractivity contribution < 1.29 is 0 Å². The van der Waals surface area contributed by atoms with Crippen molar-refractivity contribution in [3.8, 4) is 0 Å². The van der Waals surface area contributed by atoms with Crippen LogP contribution < -0.4 is 0 Å². The van der Waals surface area contributed by atoms with Crippen LogP contribution in [-0.4, -0.2) is 19.7 Å². The first-order valence-corrected chi connectivity index (χ1v) is 4.84. The first-order chi connectivity index (χ1) is 6.59. The molecule has 0 radical (unpaired) electrons. The molecule has 2 heterocycles. The normalized spacial score (nSPS) is 11.5. The number of aryl methyl sites for hydroxylation is 1. The number of hydrogen-bond donors (Lipinski definition) is 0. The Morgan fingerprint density at radius 1 is 1.36 bits per heavy atom. The van der Waals surface area contributed by atoms with Gasteiger partial charge in [-0.2, -0.15) is 10.1 Å². The van der Waals surface area contributed by atoms with Gasteiger partial charge in [-0.15, -0.1) is 0 Å². The highest BCUT2D eigenvalue weighted by Crippen LogP contribution is 2.19. The van der Waals surface area contributed by atoms with Crippen LogP contribution in [0.2, 0.25) is 5.28 Å². The van der Waals surface area contributed by atoms with Gasteiger partial charge in [0.05, 0.1) is 17.3 Å². The molecule has 0 bridgehead atoms. The number of hydrogen-bond acceptors (Lipinski definition) is 3. The van der Waals surface area contributed by atoms with Crippen LogP contribution in [0, 0.1) is 6.92 Å². The minimum atomic E-state index is 0.275. The second-order valence-electron chi connectivity index (χ2n) is 3.50. The third kappa shape index (κ3) is 1.35. The zero-order valence-electron chi connectivity index (χ0n) is 8.32. The molecule has 2 aromatic heterocycles. The minimum absolute atomic E-state index is 0.275. The Hall–Kier alpha value is -1.16. The number of nitrogens with zero attached hydrogens (tertiary/aromatic N) is 4. The highest BCUT2D eigenvalue weighted by Gasteiger charge is 2.10. The zero-order chi connectivity index (χ0) is 10.3. The van der Waals surface area contributed by atoms with Crippen molar-refractivity contribution in [1.82, 2.24) is 19.7 Å². The van der Waals surface area contributed by atoms with Crippen LogP contribution in [0.1, 0.15) is 25.6 Å². The number of rotatable bonds is 1. The molecule has 2 rings (SSSR count). The van der Waals surface area contributed by atoms with Gasteiger partial charge in [0.2, 0.25) is 5.28 Å². The lowest BCUT2D eigenvalue weighted by molar-refractivity contribution is 0.546. The van der Waals surface area contributed by atoms with E-state index in [0.29, 0.717) is 0 Å². The first kappa shape index (κ1) is 9.40. The van der Waals surface area contributed by atoms with E-state index in [4.69, 9.17) is 11.6 Å². The van der Waals surface area contributed by atoms with E-state index in [9.17, 15) is 0 Å². The van der Waals surface area contributed by atoms with Gasteiger partial charge in [-0.3, -0.25) is 0 Å². The van der Waals surface area contributed by atoms with E-state index >= 15 is 0 Å². The van der Waals surface area contributed by atoms with Crippen molar-refractivity contribution in [2.75, 3.05) is 0 Å². The SMILES string of the molecule is Cc1nc(Cl)nc2c1cnn2C(C)C. The average molecular weight is 211 g/mol. The molecule has 2 aromatic rings. The van der Waals surface area contributed by atoms with Crippen LogP contribution in [0.3, 0.4) is 0 Å². The van der Waals surface area contributed by atoms with Gasteiger partial charge in [-0.1, -0.05) is 0 Å². The Morgan fingerprint density at radius 2 is 2.07 bits per heavy atom. The molecule has 74 valence electrons. The molecule has 0 amide bonds. The van der Waals surface area contributed by atoms with Crippen LogP contribution in [0.5, 0.6) is 0 Å². The highest BCUT2D eigenvalue weighted by molar-refractivity contribution is 6.28. The van der Waals surface area contributed by atoms with Crippen LogP contribution in [0.25, 0.3) is 11.0 Å². The molecule has 0 aliphatic heterocycles. The summed E-state index contributed by atoms with van der Waals surface area (Å²) in [5, 5.41) is 5.49. The van der Waals surface area contributed by atoms with Gasteiger partial charge >= 0.3 is 0 Å². The van der Waals surface area contributed by atoms with Crippen LogP contribution in [0.4, 0.5) is 0 Å². The molecule has 0 aliphatic carbocycles. The third-order valence-corrected chi connectivity index (χ3v) is 2.28. The van der Waals surface area contributed by atoms with E-state index in [1.807, 2.05) is 11.6 Å². The summed E-state index contributed by atoms with van der Waals surface area (Å²) in [5.41, 5.74) is 1.67. The second kappa shape index (κ2) is 3.20. The van der Waals surface area contributed by atoms with Crippen LogP contribution >= 0.6 is 11.6 Å². The quantitative estimate of drug-likeness (QED) is 0.679. The van der Waals surface area contributed by atoms with Gasteiger partial charge in [-0.25, -0.2) is 9.67 Å². The molecule has 0 saturated carbocycles. The van der Waals surface area contributed by atoms with Crippen molar-refractivity contribution in [1.29, 1.82) is 0 Å². The first-order valence-electron chi connectivity index (χ1n) is 4.47. The van der Waals surface area contributed by atoms with Gasteiger partial charge in [0.15, 0.2) is 5.65 Å². The van der Waals surface area contributed by atoms with Gasteiger partial charge in [-0.05, 0) is 32.4 Å². The standard InChI is InChI=1S/C9H11ClN4/c1-5(2)14-8-7(4-11-14)6(3)12-9(10)13-8/h4-5H,1-3H3. The smallest absolute Gasteiger partial charge is 0.224 e. The van der Waals surface area contributed by atoms with E-state index < -0.39 is 0 Å². The number of fused-ring (bicyclic) bond motifs is 1. The Bertz CT molecular complexity index is 475. The van der Waals surface area contributed by atoms with Crippen LogP contribution in [-0.2, 0) is 0 Å². The fraction of sp³-hybridized carbons (Fsp3) is 0.444. The van der Waals surface area contributed by atoms with Crippen molar-refractivity contribution in [2.24, 2.45) is 0 Å². The Kier molecular flexibility index (Phi) is 2.15. The molecular weight excluding hydrogens is 200 g/mol. The summed E-state index contributed by atoms with van der Waals surface area (Å²) in [5.74, 6) is 0. The van der Waals surface area contributed by atoms with Crippen molar-refractivity contribution >= 4 is 22.6 Å². The lowest BCUT2D eigenvalue weighted by atomic mass is 10.3. The molecule has 0 atom stereocenters. The summed E-state index contributed by atoms with van der Waals surface area (Å²) in [6, 6.07) is 0.276. The molecule has 0 saturated heterocycles. The molecule has 0 aliphatic rings. The van der Waals surface area contributed by atoms with E-state index in [2.05, 4.69) is 28.9 Å². The Labute approximate surface area is 86.9 Å². The summed E-state index contributed by atoms with van der Waals surface area (Å²) in [6.45, 7) is 6.01. The summed E-state index contributed by atoms with van der Waals surface area (Å²) in [6.07, 6.45) is 1.78. The summed E-state index contributed by atoms with van der Waals surface area (Å²) in [4.78, 5) is 8.25. The van der Waals surface area contributed by atoms with Gasteiger partial charge in [0, 0.05) is 6.04 Å². The maximum Gasteiger partial charge on any atom is 0.224 e. The van der Waals surface area contributed by atoms with Crippen molar-refractivity contribution in [2.45, 2.75) is 26.8 Å². The zero-order valence-corrected chi connectivity index (χ0v) is 9.08. The Morgan fingerprint density at radius 3 is 2.71 bits per heavy atom. The van der Waals surface area contributed by atoms with Crippen molar-refractivity contribution in [3.63, 3.8) is 0 Å². The lowest BCUT2D eigenvalue weighted by Crippen LogP contribution is -2.04. The molecule has 14 heavy (non-hydrogen) atoms. The molecule has 0 aromatic carbocycles. The van der Waals surface area contributed by atoms with E-state index in [0.717, 1.165) is 16.7 Å². The summed E-state index contributed by atoms with van der Waals surface area (Å²) in [7, 11) is 0. The topological polar surface area (TPSA) is 43.6 Å². The maximum atomic E-state index is 5.79. The molecule has 0 unspecified atom stereocenters. The van der Waals surface area contributed by atoms with Gasteiger partial charge in [0.25, 0.3) is 0 Å². The third-order valence-electron chi connectivity index (χ3n) is 2.11. The van der Waals surface area contributed by atoms with Crippen molar-refractivity contribution in [3.05, 3.63) is 17.2 Å². The lowest BCUT2D eigenvalue weighted by Gasteiger charge is -2.06. The fourth-order valence-corrected chi connectivity index (χ4v) is 1.62. The molecule has 0 N–H and O–H groups in total. The second-order valence-corrected chi connectivity index (χ2v) is 3.84. The number of aromatic nitrogens is 4.